The van der Waals surface area contributed by atoms with E-state index in [1.165, 1.54) is 0 Å². The van der Waals surface area contributed by atoms with Crippen molar-refractivity contribution in [3.63, 3.8) is 0 Å². The largest absolute Gasteiger partial charge is 0.509 e. The Balaban J connectivity index is 2.43. The maximum Gasteiger partial charge on any atom is 0.108 e. The lowest BCUT2D eigenvalue weighted by Crippen LogP contribution is -2.32. The molecule has 0 spiro atoms. The SMILES string of the molecule is C=C(O)/C=C\C(C)(C)OC1CCOCC1. The summed E-state index contributed by atoms with van der Waals surface area (Å²) in [6, 6.07) is 0. The second-order valence-electron chi connectivity index (χ2n) is 4.36. The van der Waals surface area contributed by atoms with Crippen LogP contribution in [0.5, 0.6) is 0 Å². The molecule has 0 aromatic heterocycles. The molecule has 1 heterocycles. The second kappa shape index (κ2) is 5.33. The van der Waals surface area contributed by atoms with Crippen molar-refractivity contribution in [3.05, 3.63) is 24.5 Å². The zero-order chi connectivity index (χ0) is 11.3. The molecule has 0 aliphatic carbocycles. The third-order valence-electron chi connectivity index (χ3n) is 2.32. The van der Waals surface area contributed by atoms with Crippen molar-refractivity contribution < 1.29 is 14.6 Å². The molecule has 0 bridgehead atoms. The number of hydrogen-bond donors (Lipinski definition) is 1. The predicted molar refractivity (Wildman–Crippen MR) is 59.9 cm³/mol. The van der Waals surface area contributed by atoms with Gasteiger partial charge in [0.05, 0.1) is 11.7 Å². The van der Waals surface area contributed by atoms with E-state index in [-0.39, 0.29) is 17.5 Å². The average Bonchev–Trinajstić information content (AvgIpc) is 2.16. The summed E-state index contributed by atoms with van der Waals surface area (Å²) in [5.74, 6) is 0.0543. The van der Waals surface area contributed by atoms with E-state index in [0.717, 1.165) is 26.1 Å². The fraction of sp³-hybridized carbons (Fsp3) is 0.667. The minimum Gasteiger partial charge on any atom is -0.509 e. The number of rotatable bonds is 4. The van der Waals surface area contributed by atoms with Gasteiger partial charge in [-0.3, -0.25) is 0 Å². The van der Waals surface area contributed by atoms with Gasteiger partial charge in [-0.25, -0.2) is 0 Å². The van der Waals surface area contributed by atoms with Crippen LogP contribution < -0.4 is 0 Å². The van der Waals surface area contributed by atoms with Gasteiger partial charge in [0, 0.05) is 13.2 Å². The van der Waals surface area contributed by atoms with Crippen LogP contribution in [0, 0.1) is 0 Å². The van der Waals surface area contributed by atoms with Crippen LogP contribution in [0.25, 0.3) is 0 Å². The summed E-state index contributed by atoms with van der Waals surface area (Å²) in [6.45, 7) is 8.90. The zero-order valence-corrected chi connectivity index (χ0v) is 9.53. The first-order chi connectivity index (χ1) is 6.99. The molecule has 0 atom stereocenters. The van der Waals surface area contributed by atoms with Crippen molar-refractivity contribution in [1.29, 1.82) is 0 Å². The smallest absolute Gasteiger partial charge is 0.108 e. The summed E-state index contributed by atoms with van der Waals surface area (Å²) in [5.41, 5.74) is -0.367. The van der Waals surface area contributed by atoms with E-state index in [0.29, 0.717) is 0 Å². The van der Waals surface area contributed by atoms with Gasteiger partial charge in [0.15, 0.2) is 0 Å². The van der Waals surface area contributed by atoms with Gasteiger partial charge in [-0.05, 0) is 38.8 Å². The van der Waals surface area contributed by atoms with Gasteiger partial charge in [-0.2, -0.15) is 0 Å². The fourth-order valence-electron chi connectivity index (χ4n) is 1.56. The zero-order valence-electron chi connectivity index (χ0n) is 9.53. The topological polar surface area (TPSA) is 38.7 Å². The molecule has 1 aliphatic rings. The Morgan fingerprint density at radius 2 is 2.07 bits per heavy atom. The maximum absolute atomic E-state index is 8.96. The number of allylic oxidation sites excluding steroid dienone is 1. The van der Waals surface area contributed by atoms with Crippen LogP contribution >= 0.6 is 0 Å². The molecule has 1 rings (SSSR count). The van der Waals surface area contributed by atoms with Gasteiger partial charge in [0.1, 0.15) is 5.76 Å². The molecule has 0 aromatic carbocycles. The summed E-state index contributed by atoms with van der Waals surface area (Å²) in [5, 5.41) is 8.96. The molecule has 0 aromatic rings. The van der Waals surface area contributed by atoms with Gasteiger partial charge in [0.25, 0.3) is 0 Å². The van der Waals surface area contributed by atoms with Crippen LogP contribution in [-0.2, 0) is 9.47 Å². The van der Waals surface area contributed by atoms with Gasteiger partial charge in [-0.15, -0.1) is 0 Å². The molecule has 0 saturated carbocycles. The molecule has 1 aliphatic heterocycles. The lowest BCUT2D eigenvalue weighted by atomic mass is 10.1. The molecule has 1 fully saturated rings. The highest BCUT2D eigenvalue weighted by Gasteiger charge is 2.22. The first kappa shape index (κ1) is 12.3. The highest BCUT2D eigenvalue weighted by molar-refractivity contribution is 5.10. The quantitative estimate of drug-likeness (QED) is 0.575. The molecule has 15 heavy (non-hydrogen) atoms. The maximum atomic E-state index is 8.96. The first-order valence-corrected chi connectivity index (χ1v) is 5.32. The summed E-state index contributed by atoms with van der Waals surface area (Å²) < 4.78 is 11.2. The summed E-state index contributed by atoms with van der Waals surface area (Å²) in [6.07, 6.45) is 5.53. The predicted octanol–water partition coefficient (Wildman–Crippen LogP) is 2.59. The number of aliphatic hydroxyl groups is 1. The second-order valence-corrected chi connectivity index (χ2v) is 4.36. The minimum absolute atomic E-state index is 0.0543. The molecule has 3 heteroatoms. The lowest BCUT2D eigenvalue weighted by molar-refractivity contribution is -0.0876. The van der Waals surface area contributed by atoms with E-state index in [1.807, 2.05) is 19.9 Å². The summed E-state index contributed by atoms with van der Waals surface area (Å²) in [7, 11) is 0. The number of ether oxygens (including phenoxy) is 2. The van der Waals surface area contributed by atoms with E-state index >= 15 is 0 Å². The van der Waals surface area contributed by atoms with Crippen LogP contribution in [0.1, 0.15) is 26.7 Å². The van der Waals surface area contributed by atoms with E-state index < -0.39 is 0 Å². The molecule has 86 valence electrons. The van der Waals surface area contributed by atoms with Gasteiger partial charge >= 0.3 is 0 Å². The van der Waals surface area contributed by atoms with Gasteiger partial charge < -0.3 is 14.6 Å². The normalized spacial score (nSPS) is 19.6. The Hall–Kier alpha value is -0.800. The van der Waals surface area contributed by atoms with Crippen LogP contribution in [0.3, 0.4) is 0 Å². The molecular formula is C12H20O3. The monoisotopic (exact) mass is 212 g/mol. The number of hydrogen-bond acceptors (Lipinski definition) is 3. The minimum atomic E-state index is -0.367. The first-order valence-electron chi connectivity index (χ1n) is 5.32. The molecule has 1 N–H and O–H groups in total. The van der Waals surface area contributed by atoms with E-state index in [4.69, 9.17) is 14.6 Å². The Morgan fingerprint density at radius 1 is 1.47 bits per heavy atom. The van der Waals surface area contributed by atoms with Crippen LogP contribution in [0.2, 0.25) is 0 Å². The Labute approximate surface area is 91.4 Å². The standard InChI is InChI=1S/C12H20O3/c1-10(13)4-7-12(2,3)15-11-5-8-14-9-6-11/h4,7,11,13H,1,5-6,8-9H2,2-3H3/b7-4-. The Bertz CT molecular complexity index is 237. The molecule has 0 radical (unpaired) electrons. The fourth-order valence-corrected chi connectivity index (χ4v) is 1.56. The molecular weight excluding hydrogens is 192 g/mol. The third-order valence-corrected chi connectivity index (χ3v) is 2.32. The van der Waals surface area contributed by atoms with Crippen LogP contribution in [0.4, 0.5) is 0 Å². The van der Waals surface area contributed by atoms with Crippen molar-refractivity contribution >= 4 is 0 Å². The highest BCUT2D eigenvalue weighted by Crippen LogP contribution is 2.20. The van der Waals surface area contributed by atoms with Crippen molar-refractivity contribution in [2.75, 3.05) is 13.2 Å². The highest BCUT2D eigenvalue weighted by atomic mass is 16.5. The van der Waals surface area contributed by atoms with Crippen molar-refractivity contribution in [2.45, 2.75) is 38.4 Å². The molecule has 3 nitrogen and oxygen atoms in total. The lowest BCUT2D eigenvalue weighted by Gasteiger charge is -2.30. The Morgan fingerprint density at radius 3 is 2.60 bits per heavy atom. The van der Waals surface area contributed by atoms with Crippen LogP contribution in [0.15, 0.2) is 24.5 Å². The van der Waals surface area contributed by atoms with Gasteiger partial charge in [-0.1, -0.05) is 6.58 Å². The molecule has 0 amide bonds. The third kappa shape index (κ3) is 5.00. The summed E-state index contributed by atoms with van der Waals surface area (Å²) in [4.78, 5) is 0. The average molecular weight is 212 g/mol. The van der Waals surface area contributed by atoms with E-state index in [9.17, 15) is 0 Å². The molecule has 1 saturated heterocycles. The Kier molecular flexibility index (Phi) is 4.36. The van der Waals surface area contributed by atoms with E-state index in [2.05, 4.69) is 6.58 Å². The van der Waals surface area contributed by atoms with Gasteiger partial charge in [0.2, 0.25) is 0 Å². The molecule has 0 unspecified atom stereocenters. The number of aliphatic hydroxyl groups excluding tert-OH is 1. The van der Waals surface area contributed by atoms with E-state index in [1.54, 1.807) is 6.08 Å². The van der Waals surface area contributed by atoms with Crippen molar-refractivity contribution in [1.82, 2.24) is 0 Å². The van der Waals surface area contributed by atoms with Crippen LogP contribution in [-0.4, -0.2) is 30.0 Å². The van der Waals surface area contributed by atoms with Crippen molar-refractivity contribution in [3.8, 4) is 0 Å². The van der Waals surface area contributed by atoms with Crippen molar-refractivity contribution in [2.24, 2.45) is 0 Å². The summed E-state index contributed by atoms with van der Waals surface area (Å²) >= 11 is 0.